The SMILES string of the molecule is N#Cc1ccccc1-c1c(-c2ccccn2)ccc(=O)n1-c1ccccc1. The van der Waals surface area contributed by atoms with Crippen molar-refractivity contribution in [3.63, 3.8) is 0 Å². The molecule has 0 saturated carbocycles. The minimum Gasteiger partial charge on any atom is -0.276 e. The molecular weight excluding hydrogens is 334 g/mol. The number of nitrogens with zero attached hydrogens (tertiary/aromatic N) is 3. The van der Waals surface area contributed by atoms with E-state index in [4.69, 9.17) is 0 Å². The van der Waals surface area contributed by atoms with E-state index in [9.17, 15) is 10.1 Å². The van der Waals surface area contributed by atoms with Crippen LogP contribution < -0.4 is 5.56 Å². The van der Waals surface area contributed by atoms with Crippen LogP contribution in [0.5, 0.6) is 0 Å². The van der Waals surface area contributed by atoms with Gasteiger partial charge in [-0.15, -0.1) is 0 Å². The van der Waals surface area contributed by atoms with E-state index < -0.39 is 0 Å². The first-order chi connectivity index (χ1) is 13.3. The first-order valence-corrected chi connectivity index (χ1v) is 8.52. The summed E-state index contributed by atoms with van der Waals surface area (Å²) in [4.78, 5) is 17.3. The molecule has 0 saturated heterocycles. The highest BCUT2D eigenvalue weighted by Gasteiger charge is 2.18. The van der Waals surface area contributed by atoms with Crippen LogP contribution in [-0.2, 0) is 0 Å². The predicted molar refractivity (Wildman–Crippen MR) is 105 cm³/mol. The molecule has 2 heterocycles. The highest BCUT2D eigenvalue weighted by atomic mass is 16.1. The number of nitriles is 1. The van der Waals surface area contributed by atoms with Gasteiger partial charge in [-0.25, -0.2) is 0 Å². The minimum atomic E-state index is -0.163. The summed E-state index contributed by atoms with van der Waals surface area (Å²) in [7, 11) is 0. The molecule has 0 unspecified atom stereocenters. The fraction of sp³-hybridized carbons (Fsp3) is 0. The molecular formula is C23H15N3O. The third kappa shape index (κ3) is 3.03. The van der Waals surface area contributed by atoms with E-state index in [0.717, 1.165) is 16.9 Å². The Hall–Kier alpha value is -3.97. The van der Waals surface area contributed by atoms with Crippen LogP contribution in [0.15, 0.2) is 95.9 Å². The summed E-state index contributed by atoms with van der Waals surface area (Å²) in [5.74, 6) is 0. The predicted octanol–water partition coefficient (Wildman–Crippen LogP) is 4.44. The highest BCUT2D eigenvalue weighted by molar-refractivity contribution is 5.83. The Bertz CT molecular complexity index is 1190. The zero-order chi connectivity index (χ0) is 18.6. The zero-order valence-corrected chi connectivity index (χ0v) is 14.4. The first kappa shape index (κ1) is 16.5. The number of hydrogen-bond acceptors (Lipinski definition) is 3. The quantitative estimate of drug-likeness (QED) is 0.549. The lowest BCUT2D eigenvalue weighted by atomic mass is 9.98. The maximum atomic E-state index is 12.9. The van der Waals surface area contributed by atoms with Crippen molar-refractivity contribution in [3.05, 3.63) is 107 Å². The third-order valence-electron chi connectivity index (χ3n) is 4.35. The van der Waals surface area contributed by atoms with Gasteiger partial charge >= 0.3 is 0 Å². The van der Waals surface area contributed by atoms with Gasteiger partial charge in [-0.2, -0.15) is 5.26 Å². The van der Waals surface area contributed by atoms with E-state index in [1.165, 1.54) is 6.07 Å². The number of hydrogen-bond donors (Lipinski definition) is 0. The summed E-state index contributed by atoms with van der Waals surface area (Å²) in [6.07, 6.45) is 1.72. The standard InChI is InChI=1S/C23H15N3O/c24-16-17-8-4-5-11-19(17)23-20(21-12-6-7-15-25-21)13-14-22(27)26(23)18-9-2-1-3-10-18/h1-15H. The van der Waals surface area contributed by atoms with Gasteiger partial charge in [0.1, 0.15) is 0 Å². The molecule has 0 aliphatic rings. The monoisotopic (exact) mass is 349 g/mol. The van der Waals surface area contributed by atoms with Gasteiger partial charge < -0.3 is 0 Å². The Labute approximate surface area is 156 Å². The maximum Gasteiger partial charge on any atom is 0.255 e. The summed E-state index contributed by atoms with van der Waals surface area (Å²) in [5, 5.41) is 9.62. The largest absolute Gasteiger partial charge is 0.276 e. The number of benzene rings is 2. The van der Waals surface area contributed by atoms with Crippen LogP contribution in [0.4, 0.5) is 0 Å². The number of rotatable bonds is 3. The van der Waals surface area contributed by atoms with E-state index in [2.05, 4.69) is 11.1 Å². The molecule has 2 aromatic carbocycles. The Morgan fingerprint density at radius 2 is 1.52 bits per heavy atom. The molecule has 0 aliphatic carbocycles. The lowest BCUT2D eigenvalue weighted by Gasteiger charge is -2.18. The Balaban J connectivity index is 2.15. The van der Waals surface area contributed by atoms with Crippen molar-refractivity contribution in [2.45, 2.75) is 0 Å². The number of para-hydroxylation sites is 1. The van der Waals surface area contributed by atoms with Crippen LogP contribution in [0, 0.1) is 11.3 Å². The Morgan fingerprint density at radius 1 is 0.778 bits per heavy atom. The van der Waals surface area contributed by atoms with Gasteiger partial charge in [-0.05, 0) is 36.4 Å². The van der Waals surface area contributed by atoms with Crippen molar-refractivity contribution in [2.75, 3.05) is 0 Å². The molecule has 0 fully saturated rings. The van der Waals surface area contributed by atoms with E-state index in [-0.39, 0.29) is 5.56 Å². The molecule has 0 N–H and O–H groups in total. The van der Waals surface area contributed by atoms with E-state index >= 15 is 0 Å². The van der Waals surface area contributed by atoms with Gasteiger partial charge in [0.25, 0.3) is 5.56 Å². The summed E-state index contributed by atoms with van der Waals surface area (Å²) >= 11 is 0. The lowest BCUT2D eigenvalue weighted by molar-refractivity contribution is 0.999. The van der Waals surface area contributed by atoms with Crippen molar-refractivity contribution in [1.29, 1.82) is 5.26 Å². The maximum absolute atomic E-state index is 12.9. The van der Waals surface area contributed by atoms with Gasteiger partial charge in [-0.1, -0.05) is 42.5 Å². The summed E-state index contributed by atoms with van der Waals surface area (Å²) in [6.45, 7) is 0. The van der Waals surface area contributed by atoms with Crippen LogP contribution in [0.3, 0.4) is 0 Å². The smallest absolute Gasteiger partial charge is 0.255 e. The molecule has 0 aliphatic heterocycles. The average Bonchev–Trinajstić information content (AvgIpc) is 2.74. The van der Waals surface area contributed by atoms with Crippen LogP contribution >= 0.6 is 0 Å². The second kappa shape index (κ2) is 7.11. The van der Waals surface area contributed by atoms with Gasteiger partial charge in [0, 0.05) is 29.1 Å². The Kier molecular flexibility index (Phi) is 4.34. The summed E-state index contributed by atoms with van der Waals surface area (Å²) in [6, 6.07) is 27.9. The molecule has 128 valence electrons. The topological polar surface area (TPSA) is 58.7 Å². The summed E-state index contributed by atoms with van der Waals surface area (Å²) in [5.41, 5.74) is 3.97. The lowest BCUT2D eigenvalue weighted by Crippen LogP contribution is -2.20. The fourth-order valence-electron chi connectivity index (χ4n) is 3.15. The zero-order valence-electron chi connectivity index (χ0n) is 14.4. The van der Waals surface area contributed by atoms with E-state index in [1.54, 1.807) is 22.9 Å². The molecule has 2 aromatic heterocycles. The number of aromatic nitrogens is 2. The van der Waals surface area contributed by atoms with Gasteiger partial charge in [0.2, 0.25) is 0 Å². The molecule has 0 bridgehead atoms. The molecule has 0 amide bonds. The van der Waals surface area contributed by atoms with Crippen LogP contribution in [0.25, 0.3) is 28.2 Å². The molecule has 0 radical (unpaired) electrons. The second-order valence-corrected chi connectivity index (χ2v) is 5.98. The average molecular weight is 349 g/mol. The van der Waals surface area contributed by atoms with E-state index in [1.807, 2.05) is 66.7 Å². The van der Waals surface area contributed by atoms with Crippen LogP contribution in [0.2, 0.25) is 0 Å². The summed E-state index contributed by atoms with van der Waals surface area (Å²) < 4.78 is 1.64. The minimum absolute atomic E-state index is 0.163. The molecule has 4 rings (SSSR count). The normalized spacial score (nSPS) is 10.3. The molecule has 0 atom stereocenters. The molecule has 27 heavy (non-hydrogen) atoms. The van der Waals surface area contributed by atoms with Crippen molar-refractivity contribution < 1.29 is 0 Å². The molecule has 4 heteroatoms. The molecule has 0 spiro atoms. The van der Waals surface area contributed by atoms with E-state index in [0.29, 0.717) is 16.8 Å². The second-order valence-electron chi connectivity index (χ2n) is 5.98. The number of pyridine rings is 2. The highest BCUT2D eigenvalue weighted by Crippen LogP contribution is 2.33. The van der Waals surface area contributed by atoms with Crippen LogP contribution in [-0.4, -0.2) is 9.55 Å². The fourth-order valence-corrected chi connectivity index (χ4v) is 3.15. The van der Waals surface area contributed by atoms with Crippen molar-refractivity contribution in [2.24, 2.45) is 0 Å². The van der Waals surface area contributed by atoms with Crippen molar-refractivity contribution in [3.8, 4) is 34.3 Å². The first-order valence-electron chi connectivity index (χ1n) is 8.52. The molecule has 4 aromatic rings. The van der Waals surface area contributed by atoms with Crippen molar-refractivity contribution >= 4 is 0 Å². The van der Waals surface area contributed by atoms with Gasteiger partial charge in [0.15, 0.2) is 0 Å². The van der Waals surface area contributed by atoms with Gasteiger partial charge in [-0.3, -0.25) is 14.3 Å². The van der Waals surface area contributed by atoms with Gasteiger partial charge in [0.05, 0.1) is 23.0 Å². The third-order valence-corrected chi connectivity index (χ3v) is 4.35. The Morgan fingerprint density at radius 3 is 2.26 bits per heavy atom. The van der Waals surface area contributed by atoms with Crippen LogP contribution in [0.1, 0.15) is 5.56 Å². The molecule has 4 nitrogen and oxygen atoms in total. The van der Waals surface area contributed by atoms with Crippen molar-refractivity contribution in [1.82, 2.24) is 9.55 Å².